The second-order valence-corrected chi connectivity index (χ2v) is 2.58. The van der Waals surface area contributed by atoms with Gasteiger partial charge >= 0.3 is 0 Å². The third-order valence-corrected chi connectivity index (χ3v) is 1.46. The fraction of sp³-hybridized carbons (Fsp3) is 0.778. The summed E-state index contributed by atoms with van der Waals surface area (Å²) in [5, 5.41) is 6.57. The standard InChI is InChI=1S/C7H14N2.C2H6/c1-6(2)7-8-4-3-5-9-7;1-2/h8-9H,3-5H2,1-2H3;1-2H3. The first-order valence-corrected chi connectivity index (χ1v) is 4.46. The Morgan fingerprint density at radius 1 is 1.09 bits per heavy atom. The second-order valence-electron chi connectivity index (χ2n) is 2.58. The van der Waals surface area contributed by atoms with Crippen molar-refractivity contribution in [3.63, 3.8) is 0 Å². The summed E-state index contributed by atoms with van der Waals surface area (Å²) in [6.07, 6.45) is 1.23. The maximum absolute atomic E-state index is 3.29. The first-order chi connectivity index (χ1) is 5.30. The van der Waals surface area contributed by atoms with Gasteiger partial charge in [-0.1, -0.05) is 13.8 Å². The fourth-order valence-corrected chi connectivity index (χ4v) is 0.931. The molecule has 0 spiro atoms. The predicted molar refractivity (Wildman–Crippen MR) is 50.3 cm³/mol. The number of nitrogens with one attached hydrogen (secondary N) is 2. The molecular formula is C9H20N2. The van der Waals surface area contributed by atoms with Crippen LogP contribution < -0.4 is 10.6 Å². The maximum Gasteiger partial charge on any atom is 0.0972 e. The van der Waals surface area contributed by atoms with Crippen molar-refractivity contribution in [3.05, 3.63) is 11.4 Å². The molecule has 0 aromatic rings. The summed E-state index contributed by atoms with van der Waals surface area (Å²) in [5.41, 5.74) is 1.34. The zero-order valence-corrected chi connectivity index (χ0v) is 8.12. The second kappa shape index (κ2) is 6.08. The maximum atomic E-state index is 3.29. The van der Waals surface area contributed by atoms with Crippen LogP contribution in [0.15, 0.2) is 11.4 Å². The van der Waals surface area contributed by atoms with Crippen molar-refractivity contribution in [1.29, 1.82) is 0 Å². The summed E-state index contributed by atoms with van der Waals surface area (Å²) >= 11 is 0. The Morgan fingerprint density at radius 3 is 1.82 bits per heavy atom. The van der Waals surface area contributed by atoms with Crippen molar-refractivity contribution in [2.24, 2.45) is 0 Å². The fourth-order valence-electron chi connectivity index (χ4n) is 0.931. The Morgan fingerprint density at radius 2 is 1.55 bits per heavy atom. The lowest BCUT2D eigenvalue weighted by molar-refractivity contribution is 0.566. The summed E-state index contributed by atoms with van der Waals surface area (Å²) < 4.78 is 0. The molecule has 0 aromatic carbocycles. The number of allylic oxidation sites excluding steroid dienone is 1. The molecular weight excluding hydrogens is 136 g/mol. The van der Waals surface area contributed by atoms with Gasteiger partial charge in [0.15, 0.2) is 0 Å². The smallest absolute Gasteiger partial charge is 0.0972 e. The Labute approximate surface area is 70.1 Å². The third-order valence-electron chi connectivity index (χ3n) is 1.46. The molecule has 1 aliphatic heterocycles. The highest BCUT2D eigenvalue weighted by Gasteiger charge is 2.01. The summed E-state index contributed by atoms with van der Waals surface area (Å²) in [6, 6.07) is 0. The summed E-state index contributed by atoms with van der Waals surface area (Å²) in [6.45, 7) is 10.5. The van der Waals surface area contributed by atoms with E-state index in [1.165, 1.54) is 17.8 Å². The molecule has 1 aliphatic rings. The van der Waals surface area contributed by atoms with Gasteiger partial charge in [0, 0.05) is 13.1 Å². The van der Waals surface area contributed by atoms with Crippen LogP contribution in [0.2, 0.25) is 0 Å². The lowest BCUT2D eigenvalue weighted by Gasteiger charge is -2.20. The quantitative estimate of drug-likeness (QED) is 0.559. The monoisotopic (exact) mass is 156 g/mol. The Kier molecular flexibility index (Phi) is 5.71. The first kappa shape index (κ1) is 10.3. The Bertz CT molecular complexity index is 116. The predicted octanol–water partition coefficient (Wildman–Crippen LogP) is 1.85. The number of hydrogen-bond acceptors (Lipinski definition) is 2. The van der Waals surface area contributed by atoms with Gasteiger partial charge in [-0.05, 0) is 25.8 Å². The van der Waals surface area contributed by atoms with Crippen LogP contribution in [0.1, 0.15) is 34.1 Å². The number of rotatable bonds is 0. The zero-order valence-electron chi connectivity index (χ0n) is 8.12. The average molecular weight is 156 g/mol. The molecule has 0 aliphatic carbocycles. The minimum absolute atomic E-state index is 1.12. The van der Waals surface area contributed by atoms with Gasteiger partial charge < -0.3 is 10.6 Å². The van der Waals surface area contributed by atoms with Gasteiger partial charge in [-0.15, -0.1) is 0 Å². The van der Waals surface area contributed by atoms with E-state index < -0.39 is 0 Å². The molecule has 0 saturated carbocycles. The lowest BCUT2D eigenvalue weighted by atomic mass is 10.3. The van der Waals surface area contributed by atoms with Gasteiger partial charge in [-0.2, -0.15) is 0 Å². The molecule has 66 valence electrons. The molecule has 11 heavy (non-hydrogen) atoms. The molecule has 0 unspecified atom stereocenters. The van der Waals surface area contributed by atoms with Gasteiger partial charge in [0.25, 0.3) is 0 Å². The van der Waals surface area contributed by atoms with Crippen molar-refractivity contribution in [3.8, 4) is 0 Å². The highest BCUT2D eigenvalue weighted by Crippen LogP contribution is 1.98. The average Bonchev–Trinajstić information content (AvgIpc) is 2.10. The van der Waals surface area contributed by atoms with Crippen molar-refractivity contribution in [2.45, 2.75) is 34.1 Å². The van der Waals surface area contributed by atoms with Gasteiger partial charge in [0.05, 0.1) is 5.82 Å². The van der Waals surface area contributed by atoms with E-state index in [2.05, 4.69) is 24.5 Å². The minimum atomic E-state index is 1.12. The van der Waals surface area contributed by atoms with Crippen LogP contribution in [0.4, 0.5) is 0 Å². The molecule has 0 atom stereocenters. The Hall–Kier alpha value is -0.660. The lowest BCUT2D eigenvalue weighted by Crippen LogP contribution is -2.35. The third kappa shape index (κ3) is 3.91. The molecule has 1 saturated heterocycles. The van der Waals surface area contributed by atoms with Gasteiger partial charge in [-0.3, -0.25) is 0 Å². The van der Waals surface area contributed by atoms with Crippen molar-refractivity contribution < 1.29 is 0 Å². The molecule has 2 N–H and O–H groups in total. The SMILES string of the molecule is CC.CC(C)=C1NCCCN1. The van der Waals surface area contributed by atoms with Crippen LogP contribution >= 0.6 is 0 Å². The van der Waals surface area contributed by atoms with Crippen LogP contribution in [0.5, 0.6) is 0 Å². The van der Waals surface area contributed by atoms with E-state index in [0.717, 1.165) is 13.1 Å². The minimum Gasteiger partial charge on any atom is -0.372 e. The molecule has 0 aromatic heterocycles. The van der Waals surface area contributed by atoms with Crippen LogP contribution in [-0.4, -0.2) is 13.1 Å². The highest BCUT2D eigenvalue weighted by atomic mass is 15.1. The topological polar surface area (TPSA) is 24.1 Å². The Balaban J connectivity index is 0.000000461. The molecule has 0 radical (unpaired) electrons. The normalized spacial score (nSPS) is 15.5. The van der Waals surface area contributed by atoms with Crippen LogP contribution in [0, 0.1) is 0 Å². The molecule has 1 heterocycles. The summed E-state index contributed by atoms with van der Waals surface area (Å²) in [5.74, 6) is 1.22. The molecule has 0 bridgehead atoms. The van der Waals surface area contributed by atoms with E-state index in [1.54, 1.807) is 0 Å². The van der Waals surface area contributed by atoms with Crippen molar-refractivity contribution in [2.75, 3.05) is 13.1 Å². The van der Waals surface area contributed by atoms with Crippen molar-refractivity contribution >= 4 is 0 Å². The molecule has 1 rings (SSSR count). The van der Waals surface area contributed by atoms with Crippen LogP contribution in [-0.2, 0) is 0 Å². The summed E-state index contributed by atoms with van der Waals surface area (Å²) in [4.78, 5) is 0. The van der Waals surface area contributed by atoms with E-state index in [9.17, 15) is 0 Å². The van der Waals surface area contributed by atoms with E-state index >= 15 is 0 Å². The van der Waals surface area contributed by atoms with E-state index in [-0.39, 0.29) is 0 Å². The van der Waals surface area contributed by atoms with Crippen LogP contribution in [0.3, 0.4) is 0 Å². The number of hydrogen-bond donors (Lipinski definition) is 2. The van der Waals surface area contributed by atoms with Gasteiger partial charge in [0.1, 0.15) is 0 Å². The molecule has 2 heteroatoms. The van der Waals surface area contributed by atoms with E-state index in [1.807, 2.05) is 13.8 Å². The van der Waals surface area contributed by atoms with E-state index in [0.29, 0.717) is 0 Å². The van der Waals surface area contributed by atoms with Crippen molar-refractivity contribution in [1.82, 2.24) is 10.6 Å². The highest BCUT2D eigenvalue weighted by molar-refractivity contribution is 5.06. The van der Waals surface area contributed by atoms with Gasteiger partial charge in [-0.25, -0.2) is 0 Å². The van der Waals surface area contributed by atoms with E-state index in [4.69, 9.17) is 0 Å². The first-order valence-electron chi connectivity index (χ1n) is 4.46. The van der Waals surface area contributed by atoms with Crippen LogP contribution in [0.25, 0.3) is 0 Å². The summed E-state index contributed by atoms with van der Waals surface area (Å²) in [7, 11) is 0. The molecule has 2 nitrogen and oxygen atoms in total. The molecule has 0 amide bonds. The molecule has 1 fully saturated rings. The zero-order chi connectivity index (χ0) is 8.69. The largest absolute Gasteiger partial charge is 0.372 e. The van der Waals surface area contributed by atoms with Gasteiger partial charge in [0.2, 0.25) is 0 Å².